The molecule has 0 bridgehead atoms. The fourth-order valence-electron chi connectivity index (χ4n) is 3.97. The highest BCUT2D eigenvalue weighted by Gasteiger charge is 2.04. The number of allylic oxidation sites excluding steroid dienone is 2. The molecule has 27 heavy (non-hydrogen) atoms. The van der Waals surface area contributed by atoms with Crippen molar-refractivity contribution in [3.8, 4) is 0 Å². The predicted octanol–water partition coefficient (Wildman–Crippen LogP) is 8.96. The zero-order chi connectivity index (χ0) is 19.8. The molecule has 1 nitrogen and oxygen atoms in total. The van der Waals surface area contributed by atoms with Crippen molar-refractivity contribution in [2.75, 3.05) is 6.54 Å². The largest absolute Gasteiger partial charge is 0.330 e. The third kappa shape index (κ3) is 21.9. The predicted molar refractivity (Wildman–Crippen MR) is 125 cm³/mol. The van der Waals surface area contributed by atoms with Gasteiger partial charge < -0.3 is 5.73 Å². The summed E-state index contributed by atoms with van der Waals surface area (Å²) in [5, 5.41) is 0. The lowest BCUT2D eigenvalue weighted by Gasteiger charge is -2.13. The van der Waals surface area contributed by atoms with Gasteiger partial charge in [0.25, 0.3) is 0 Å². The first-order chi connectivity index (χ1) is 13.3. The molecule has 0 saturated carbocycles. The monoisotopic (exact) mass is 379 g/mol. The van der Waals surface area contributed by atoms with Crippen LogP contribution in [0.1, 0.15) is 142 Å². The minimum Gasteiger partial charge on any atom is -0.330 e. The quantitative estimate of drug-likeness (QED) is 0.147. The zero-order valence-electron chi connectivity index (χ0n) is 19.2. The van der Waals surface area contributed by atoms with E-state index in [1.54, 1.807) is 0 Å². The maximum atomic E-state index is 5.51. The van der Waals surface area contributed by atoms with Gasteiger partial charge in [0.2, 0.25) is 0 Å². The number of hydrogen-bond donors (Lipinski definition) is 1. The van der Waals surface area contributed by atoms with Gasteiger partial charge in [0.1, 0.15) is 0 Å². The molecule has 0 heterocycles. The molecule has 0 spiro atoms. The molecule has 1 heteroatoms. The summed E-state index contributed by atoms with van der Waals surface area (Å²) < 4.78 is 0. The first-order valence-electron chi connectivity index (χ1n) is 12.7. The number of nitrogens with two attached hydrogens (primary N) is 1. The second-order valence-corrected chi connectivity index (χ2v) is 8.64. The molecule has 0 aromatic carbocycles. The molecule has 0 aliphatic rings. The highest BCUT2D eigenvalue weighted by molar-refractivity contribution is 4.81. The van der Waals surface area contributed by atoms with Crippen molar-refractivity contribution < 1.29 is 0 Å². The van der Waals surface area contributed by atoms with E-state index in [1.165, 1.54) is 128 Å². The Balaban J connectivity index is 3.19. The molecule has 1 unspecified atom stereocenters. The molecular formula is C26H53N. The third-order valence-corrected chi connectivity index (χ3v) is 6.02. The Labute approximate surface area is 173 Å². The normalized spacial score (nSPS) is 12.9. The molecule has 0 rings (SSSR count). The van der Waals surface area contributed by atoms with E-state index in [0.29, 0.717) is 0 Å². The summed E-state index contributed by atoms with van der Waals surface area (Å²) in [5.41, 5.74) is 5.51. The molecule has 0 aliphatic heterocycles. The lowest BCUT2D eigenvalue weighted by atomic mass is 9.93. The van der Waals surface area contributed by atoms with E-state index in [0.717, 1.165) is 12.5 Å². The van der Waals surface area contributed by atoms with Gasteiger partial charge in [-0.15, -0.1) is 0 Å². The summed E-state index contributed by atoms with van der Waals surface area (Å²) in [5.74, 6) is 1.01. The summed E-state index contributed by atoms with van der Waals surface area (Å²) in [6.07, 6.45) is 32.8. The van der Waals surface area contributed by atoms with Gasteiger partial charge in [-0.3, -0.25) is 0 Å². The van der Waals surface area contributed by atoms with Crippen LogP contribution in [0.4, 0.5) is 0 Å². The topological polar surface area (TPSA) is 26.0 Å². The molecule has 0 radical (unpaired) electrons. The molecule has 162 valence electrons. The average Bonchev–Trinajstić information content (AvgIpc) is 2.69. The molecule has 0 fully saturated rings. The lowest BCUT2D eigenvalue weighted by Crippen LogP contribution is -1.98. The van der Waals surface area contributed by atoms with Gasteiger partial charge in [0.15, 0.2) is 0 Å². The summed E-state index contributed by atoms with van der Waals surface area (Å²) in [7, 11) is 0. The molecule has 1 atom stereocenters. The molecule has 2 N–H and O–H groups in total. The fourth-order valence-corrected chi connectivity index (χ4v) is 3.97. The van der Waals surface area contributed by atoms with E-state index in [4.69, 9.17) is 5.73 Å². The Morgan fingerprint density at radius 2 is 1.00 bits per heavy atom. The van der Waals surface area contributed by atoms with Crippen LogP contribution in [0.5, 0.6) is 0 Å². The van der Waals surface area contributed by atoms with Crippen LogP contribution in [0.15, 0.2) is 12.2 Å². The smallest absolute Gasteiger partial charge is 0.00773 e. The summed E-state index contributed by atoms with van der Waals surface area (Å²) in [6, 6.07) is 0. The van der Waals surface area contributed by atoms with E-state index >= 15 is 0 Å². The molecule has 0 aromatic rings. The molecule has 0 saturated heterocycles. The van der Waals surface area contributed by atoms with Gasteiger partial charge in [0, 0.05) is 0 Å². The molecular weight excluding hydrogens is 326 g/mol. The van der Waals surface area contributed by atoms with Gasteiger partial charge in [-0.2, -0.15) is 0 Å². The van der Waals surface area contributed by atoms with Crippen molar-refractivity contribution in [2.45, 2.75) is 142 Å². The molecule has 0 amide bonds. The first kappa shape index (κ1) is 26.7. The van der Waals surface area contributed by atoms with Crippen LogP contribution in [-0.2, 0) is 0 Å². The van der Waals surface area contributed by atoms with Crippen LogP contribution < -0.4 is 5.73 Å². The van der Waals surface area contributed by atoms with Crippen molar-refractivity contribution in [3.05, 3.63) is 12.2 Å². The SMILES string of the molecule is CCCCC(CC)CCCCCCCCC/C=C\CCCCCCCCN. The van der Waals surface area contributed by atoms with Gasteiger partial charge in [-0.05, 0) is 44.6 Å². The van der Waals surface area contributed by atoms with E-state index in [2.05, 4.69) is 26.0 Å². The summed E-state index contributed by atoms with van der Waals surface area (Å²) in [4.78, 5) is 0. The highest BCUT2D eigenvalue weighted by Crippen LogP contribution is 2.20. The Kier molecular flexibility index (Phi) is 23.5. The van der Waals surface area contributed by atoms with Crippen LogP contribution in [0.2, 0.25) is 0 Å². The number of unbranched alkanes of at least 4 members (excludes halogenated alkanes) is 14. The van der Waals surface area contributed by atoms with E-state index in [9.17, 15) is 0 Å². The zero-order valence-corrected chi connectivity index (χ0v) is 19.2. The molecule has 0 aliphatic carbocycles. The summed E-state index contributed by atoms with van der Waals surface area (Å²) in [6.45, 7) is 5.55. The van der Waals surface area contributed by atoms with Crippen molar-refractivity contribution >= 4 is 0 Å². The van der Waals surface area contributed by atoms with Crippen molar-refractivity contribution in [1.29, 1.82) is 0 Å². The van der Waals surface area contributed by atoms with Crippen molar-refractivity contribution in [1.82, 2.24) is 0 Å². The van der Waals surface area contributed by atoms with Gasteiger partial charge in [-0.25, -0.2) is 0 Å². The van der Waals surface area contributed by atoms with E-state index < -0.39 is 0 Å². The van der Waals surface area contributed by atoms with Crippen LogP contribution in [0.3, 0.4) is 0 Å². The van der Waals surface area contributed by atoms with Crippen LogP contribution in [0, 0.1) is 5.92 Å². The van der Waals surface area contributed by atoms with Crippen molar-refractivity contribution in [2.24, 2.45) is 11.7 Å². The summed E-state index contributed by atoms with van der Waals surface area (Å²) >= 11 is 0. The Morgan fingerprint density at radius 1 is 0.556 bits per heavy atom. The molecule has 0 aromatic heterocycles. The van der Waals surface area contributed by atoms with Gasteiger partial charge in [-0.1, -0.05) is 122 Å². The maximum Gasteiger partial charge on any atom is -0.00773 e. The number of rotatable bonds is 22. The highest BCUT2D eigenvalue weighted by atomic mass is 14.5. The van der Waals surface area contributed by atoms with E-state index in [1.807, 2.05) is 0 Å². The van der Waals surface area contributed by atoms with Crippen LogP contribution in [0.25, 0.3) is 0 Å². The average molecular weight is 380 g/mol. The number of hydrogen-bond acceptors (Lipinski definition) is 1. The lowest BCUT2D eigenvalue weighted by molar-refractivity contribution is 0.399. The fraction of sp³-hybridized carbons (Fsp3) is 0.923. The third-order valence-electron chi connectivity index (χ3n) is 6.02. The minimum atomic E-state index is 0.862. The Hall–Kier alpha value is -0.300. The maximum absolute atomic E-state index is 5.51. The Morgan fingerprint density at radius 3 is 1.48 bits per heavy atom. The van der Waals surface area contributed by atoms with Gasteiger partial charge >= 0.3 is 0 Å². The Bertz CT molecular complexity index is 284. The second kappa shape index (κ2) is 23.7. The second-order valence-electron chi connectivity index (χ2n) is 8.64. The minimum absolute atomic E-state index is 0.862. The standard InChI is InChI=1S/C26H53N/c1-3-5-23-26(4-2)24-21-19-17-15-13-11-9-7-6-8-10-12-14-16-18-20-22-25-27/h6,8,26H,3-5,7,9-25,27H2,1-2H3/b8-6-. The van der Waals surface area contributed by atoms with Crippen molar-refractivity contribution in [3.63, 3.8) is 0 Å². The van der Waals surface area contributed by atoms with Crippen LogP contribution >= 0.6 is 0 Å². The van der Waals surface area contributed by atoms with E-state index in [-0.39, 0.29) is 0 Å². The first-order valence-corrected chi connectivity index (χ1v) is 12.7. The van der Waals surface area contributed by atoms with Gasteiger partial charge in [0.05, 0.1) is 0 Å². The van der Waals surface area contributed by atoms with Crippen LogP contribution in [-0.4, -0.2) is 6.54 Å².